The molecule has 0 aromatic heterocycles. The Hall–Kier alpha value is -1.40. The number of nitrogens with one attached hydrogen (secondary N) is 1. The lowest BCUT2D eigenvalue weighted by Gasteiger charge is -2.19. The summed E-state index contributed by atoms with van der Waals surface area (Å²) in [5.41, 5.74) is 1.03. The van der Waals surface area contributed by atoms with Crippen LogP contribution < -0.4 is 4.72 Å². The van der Waals surface area contributed by atoms with E-state index >= 15 is 0 Å². The van der Waals surface area contributed by atoms with Crippen LogP contribution in [0, 0.1) is 6.54 Å². The molecule has 0 bridgehead atoms. The van der Waals surface area contributed by atoms with Crippen molar-refractivity contribution in [2.45, 2.75) is 50.3 Å². The highest BCUT2D eigenvalue weighted by atomic mass is 32.2. The van der Waals surface area contributed by atoms with Crippen LogP contribution in [-0.2, 0) is 20.2 Å². The predicted molar refractivity (Wildman–Crippen MR) is 81.3 cm³/mol. The van der Waals surface area contributed by atoms with E-state index in [1.54, 1.807) is 24.3 Å². The number of carboxylic acid groups (broad SMARTS) is 1. The van der Waals surface area contributed by atoms with Crippen molar-refractivity contribution in [2.24, 2.45) is 0 Å². The zero-order valence-corrected chi connectivity index (χ0v) is 13.4. The summed E-state index contributed by atoms with van der Waals surface area (Å²) in [6.07, 6.45) is 0.810. The zero-order valence-electron chi connectivity index (χ0n) is 12.6. The van der Waals surface area contributed by atoms with E-state index in [1.807, 2.05) is 0 Å². The van der Waals surface area contributed by atoms with Gasteiger partial charge in [0.1, 0.15) is 0 Å². The molecule has 0 saturated carbocycles. The first-order valence-electron chi connectivity index (χ1n) is 6.79. The average molecular weight is 312 g/mol. The van der Waals surface area contributed by atoms with Gasteiger partial charge in [0.25, 0.3) is 0 Å². The smallest absolute Gasteiger partial charge is 0.303 e. The van der Waals surface area contributed by atoms with E-state index in [0.717, 1.165) is 5.56 Å². The second-order valence-corrected chi connectivity index (χ2v) is 7.60. The maximum absolute atomic E-state index is 12.0. The van der Waals surface area contributed by atoms with Crippen LogP contribution in [0.2, 0.25) is 0 Å². The van der Waals surface area contributed by atoms with Crippen molar-refractivity contribution in [3.63, 3.8) is 0 Å². The average Bonchev–Trinajstić information content (AvgIpc) is 2.37. The third kappa shape index (κ3) is 5.85. The first-order chi connectivity index (χ1) is 9.63. The molecule has 0 saturated heterocycles. The molecule has 0 fully saturated rings. The minimum Gasteiger partial charge on any atom is -0.481 e. The quantitative estimate of drug-likeness (QED) is 0.758. The number of aliphatic carboxylic acids is 1. The Labute approximate surface area is 126 Å². The van der Waals surface area contributed by atoms with Gasteiger partial charge in [0.2, 0.25) is 10.0 Å². The van der Waals surface area contributed by atoms with Gasteiger partial charge in [-0.2, -0.15) is 0 Å². The molecule has 0 heterocycles. The van der Waals surface area contributed by atoms with Crippen LogP contribution in [0.25, 0.3) is 0 Å². The lowest BCUT2D eigenvalue weighted by molar-refractivity contribution is -0.137. The normalized spacial score (nSPS) is 12.3. The molecule has 0 aliphatic heterocycles. The summed E-state index contributed by atoms with van der Waals surface area (Å²) in [6.45, 7) is 7.57. The van der Waals surface area contributed by atoms with Gasteiger partial charge in [-0.3, -0.25) is 4.79 Å². The molecule has 0 amide bonds. The summed E-state index contributed by atoms with van der Waals surface area (Å²) >= 11 is 0. The van der Waals surface area contributed by atoms with Gasteiger partial charge in [-0.15, -0.1) is 0 Å². The molecule has 0 unspecified atom stereocenters. The molecular formula is C15H22NO4S. The van der Waals surface area contributed by atoms with Crippen LogP contribution in [0.4, 0.5) is 0 Å². The number of hydrogen-bond acceptors (Lipinski definition) is 3. The zero-order chi connectivity index (χ0) is 16.1. The largest absolute Gasteiger partial charge is 0.481 e. The fourth-order valence-corrected chi connectivity index (χ4v) is 2.69. The van der Waals surface area contributed by atoms with Crippen molar-refractivity contribution in [1.82, 2.24) is 4.72 Å². The number of sulfonamides is 1. The minimum atomic E-state index is -3.58. The molecular weight excluding hydrogens is 290 g/mol. The van der Waals surface area contributed by atoms with Crippen molar-refractivity contribution >= 4 is 16.0 Å². The fraction of sp³-hybridized carbons (Fsp3) is 0.467. The first-order valence-corrected chi connectivity index (χ1v) is 8.27. The Kier molecular flexibility index (Phi) is 5.92. The summed E-state index contributed by atoms with van der Waals surface area (Å²) < 4.78 is 26.4. The predicted octanol–water partition coefficient (Wildman–Crippen LogP) is 2.68. The molecule has 6 heteroatoms. The van der Waals surface area contributed by atoms with Crippen LogP contribution in [0.3, 0.4) is 0 Å². The highest BCUT2D eigenvalue weighted by molar-refractivity contribution is 7.89. The van der Waals surface area contributed by atoms with Crippen molar-refractivity contribution in [3.05, 3.63) is 36.4 Å². The molecule has 1 aromatic carbocycles. The van der Waals surface area contributed by atoms with E-state index in [4.69, 9.17) is 5.11 Å². The van der Waals surface area contributed by atoms with Gasteiger partial charge in [-0.25, -0.2) is 13.1 Å². The topological polar surface area (TPSA) is 83.5 Å². The van der Waals surface area contributed by atoms with Gasteiger partial charge in [0.05, 0.1) is 4.90 Å². The van der Waals surface area contributed by atoms with Crippen LogP contribution in [-0.4, -0.2) is 19.5 Å². The van der Waals surface area contributed by atoms with E-state index in [1.165, 1.54) is 6.54 Å². The maximum Gasteiger partial charge on any atom is 0.303 e. The third-order valence-electron chi connectivity index (χ3n) is 3.01. The summed E-state index contributed by atoms with van der Waals surface area (Å²) in [5.74, 6) is -0.885. The summed E-state index contributed by atoms with van der Waals surface area (Å²) in [4.78, 5) is 10.5. The van der Waals surface area contributed by atoms with Crippen LogP contribution in [0.5, 0.6) is 0 Å². The molecule has 0 atom stereocenters. The van der Waals surface area contributed by atoms with Gasteiger partial charge in [-0.1, -0.05) is 32.9 Å². The van der Waals surface area contributed by atoms with Gasteiger partial charge in [0, 0.05) is 13.0 Å². The van der Waals surface area contributed by atoms with Gasteiger partial charge in [-0.05, 0) is 36.0 Å². The highest BCUT2D eigenvalue weighted by Gasteiger charge is 2.17. The molecule has 0 aliphatic carbocycles. The summed E-state index contributed by atoms with van der Waals surface area (Å²) in [7, 11) is -3.58. The second kappa shape index (κ2) is 7.04. The van der Waals surface area contributed by atoms with Crippen LogP contribution >= 0.6 is 0 Å². The SMILES string of the molecule is CC(C)(C)c1ccc(S(=O)(=O)N[CH]CCCC(=O)O)cc1. The Morgan fingerprint density at radius 1 is 1.24 bits per heavy atom. The Morgan fingerprint density at radius 2 is 1.81 bits per heavy atom. The van der Waals surface area contributed by atoms with E-state index < -0.39 is 16.0 Å². The van der Waals surface area contributed by atoms with Gasteiger partial charge in [0.15, 0.2) is 0 Å². The Morgan fingerprint density at radius 3 is 2.29 bits per heavy atom. The Balaban J connectivity index is 2.60. The molecule has 2 N–H and O–H groups in total. The first kappa shape index (κ1) is 17.7. The fourth-order valence-electron chi connectivity index (χ4n) is 1.73. The lowest BCUT2D eigenvalue weighted by Crippen LogP contribution is -2.21. The molecule has 0 aliphatic rings. The number of carboxylic acids is 1. The monoisotopic (exact) mass is 312 g/mol. The molecule has 1 rings (SSSR count). The molecule has 5 nitrogen and oxygen atoms in total. The van der Waals surface area contributed by atoms with E-state index in [9.17, 15) is 13.2 Å². The lowest BCUT2D eigenvalue weighted by atomic mass is 9.87. The summed E-state index contributed by atoms with van der Waals surface area (Å²) in [5, 5.41) is 8.49. The van der Waals surface area contributed by atoms with Crippen molar-refractivity contribution in [3.8, 4) is 0 Å². The highest BCUT2D eigenvalue weighted by Crippen LogP contribution is 2.23. The number of unbranched alkanes of at least 4 members (excludes halogenated alkanes) is 1. The number of rotatable bonds is 7. The minimum absolute atomic E-state index is 0.0263. The van der Waals surface area contributed by atoms with Crippen molar-refractivity contribution in [2.75, 3.05) is 0 Å². The van der Waals surface area contributed by atoms with Crippen molar-refractivity contribution < 1.29 is 18.3 Å². The van der Waals surface area contributed by atoms with Crippen LogP contribution in [0.1, 0.15) is 45.6 Å². The molecule has 21 heavy (non-hydrogen) atoms. The molecule has 1 radical (unpaired) electrons. The third-order valence-corrected chi connectivity index (χ3v) is 4.38. The standard InChI is InChI=1S/C15H22NO4S/c1-15(2,3)12-7-9-13(10-8-12)21(19,20)16-11-5-4-6-14(17)18/h7-11,16H,4-6H2,1-3H3,(H,17,18). The number of benzene rings is 1. The molecule has 0 spiro atoms. The number of carbonyl (C=O) groups is 1. The number of hydrogen-bond donors (Lipinski definition) is 2. The van der Waals surface area contributed by atoms with Gasteiger partial charge < -0.3 is 5.11 Å². The Bertz CT molecular complexity index is 571. The second-order valence-electron chi connectivity index (χ2n) is 5.89. The molecule has 1 aromatic rings. The summed E-state index contributed by atoms with van der Waals surface area (Å²) in [6, 6.07) is 6.76. The van der Waals surface area contributed by atoms with E-state index in [-0.39, 0.29) is 16.7 Å². The molecule has 117 valence electrons. The van der Waals surface area contributed by atoms with E-state index in [2.05, 4.69) is 25.5 Å². The maximum atomic E-state index is 12.0. The van der Waals surface area contributed by atoms with E-state index in [0.29, 0.717) is 12.8 Å². The van der Waals surface area contributed by atoms with Gasteiger partial charge >= 0.3 is 5.97 Å². The van der Waals surface area contributed by atoms with Crippen LogP contribution in [0.15, 0.2) is 29.2 Å². The van der Waals surface area contributed by atoms with Crippen molar-refractivity contribution in [1.29, 1.82) is 0 Å².